The molecular weight excluding hydrogens is 330 g/mol. The molecule has 0 bridgehead atoms. The Hall–Kier alpha value is -2.28. The van der Waals surface area contributed by atoms with E-state index in [9.17, 15) is 4.79 Å². The van der Waals surface area contributed by atoms with Crippen LogP contribution >= 0.6 is 0 Å². The zero-order chi connectivity index (χ0) is 17.5. The number of hydrogen-bond acceptors (Lipinski definition) is 6. The third-order valence-electron chi connectivity index (χ3n) is 5.70. The average molecular weight is 353 g/mol. The van der Waals surface area contributed by atoms with Crippen LogP contribution in [-0.2, 0) is 37.2 Å². The van der Waals surface area contributed by atoms with Crippen molar-refractivity contribution in [2.45, 2.75) is 45.3 Å². The molecule has 4 heterocycles. The Morgan fingerprint density at radius 2 is 2.00 bits per heavy atom. The fraction of sp³-hybridized carbons (Fsp3) is 0.579. The van der Waals surface area contributed by atoms with Crippen molar-refractivity contribution in [2.75, 3.05) is 24.6 Å². The lowest BCUT2D eigenvalue weighted by atomic mass is 9.96. The summed E-state index contributed by atoms with van der Waals surface area (Å²) in [6, 6.07) is 1.80. The van der Waals surface area contributed by atoms with Gasteiger partial charge in [-0.15, -0.1) is 0 Å². The Balaban J connectivity index is 1.29. The average Bonchev–Trinajstić information content (AvgIpc) is 2.64. The van der Waals surface area contributed by atoms with Crippen LogP contribution in [0.3, 0.4) is 0 Å². The van der Waals surface area contributed by atoms with Crippen LogP contribution in [0.25, 0.3) is 0 Å². The van der Waals surface area contributed by atoms with Crippen molar-refractivity contribution < 1.29 is 4.74 Å². The predicted octanol–water partition coefficient (Wildman–Crippen LogP) is 1.12. The molecule has 7 nitrogen and oxygen atoms in total. The minimum atomic E-state index is 0.0388. The molecule has 1 fully saturated rings. The molecule has 2 aromatic rings. The van der Waals surface area contributed by atoms with Gasteiger partial charge in [-0.2, -0.15) is 5.10 Å². The molecule has 136 valence electrons. The maximum absolute atomic E-state index is 12.4. The quantitative estimate of drug-likeness (QED) is 0.823. The van der Waals surface area contributed by atoms with Crippen molar-refractivity contribution in [3.63, 3.8) is 0 Å². The van der Waals surface area contributed by atoms with E-state index in [1.165, 1.54) is 12.8 Å². The number of aromatic nitrogens is 4. The van der Waals surface area contributed by atoms with Gasteiger partial charge in [0.2, 0.25) is 0 Å². The summed E-state index contributed by atoms with van der Waals surface area (Å²) >= 11 is 0. The van der Waals surface area contributed by atoms with Gasteiger partial charge in [0.1, 0.15) is 12.1 Å². The van der Waals surface area contributed by atoms with Gasteiger partial charge >= 0.3 is 0 Å². The molecule has 0 aromatic carbocycles. The summed E-state index contributed by atoms with van der Waals surface area (Å²) in [5.74, 6) is 1.42. The van der Waals surface area contributed by atoms with E-state index in [-0.39, 0.29) is 5.56 Å². The van der Waals surface area contributed by atoms with Crippen LogP contribution in [0, 0.1) is 5.92 Å². The van der Waals surface area contributed by atoms with E-state index in [1.54, 1.807) is 17.1 Å². The van der Waals surface area contributed by atoms with Crippen LogP contribution in [0.1, 0.15) is 35.4 Å². The minimum absolute atomic E-state index is 0.0388. The van der Waals surface area contributed by atoms with E-state index < -0.39 is 0 Å². The SMILES string of the molecule is O=c1cc2c(nn1CC1CN(c3ncnc4c3COCC4)C1)CCCC2. The summed E-state index contributed by atoms with van der Waals surface area (Å²) in [6.07, 6.45) is 6.86. The van der Waals surface area contributed by atoms with E-state index in [0.29, 0.717) is 19.1 Å². The largest absolute Gasteiger partial charge is 0.376 e. The second kappa shape index (κ2) is 6.46. The zero-order valence-corrected chi connectivity index (χ0v) is 14.9. The second-order valence-electron chi connectivity index (χ2n) is 7.54. The van der Waals surface area contributed by atoms with Crippen LogP contribution in [0.4, 0.5) is 5.82 Å². The maximum Gasteiger partial charge on any atom is 0.267 e. The molecule has 2 aromatic heterocycles. The summed E-state index contributed by atoms with van der Waals surface area (Å²) in [7, 11) is 0. The molecule has 1 aliphatic carbocycles. The van der Waals surface area contributed by atoms with E-state index >= 15 is 0 Å². The number of aryl methyl sites for hydroxylation is 2. The molecular formula is C19H23N5O2. The van der Waals surface area contributed by atoms with Crippen molar-refractivity contribution in [1.82, 2.24) is 19.7 Å². The molecule has 0 spiro atoms. The molecule has 3 aliphatic rings. The smallest absolute Gasteiger partial charge is 0.267 e. The second-order valence-corrected chi connectivity index (χ2v) is 7.54. The van der Waals surface area contributed by atoms with Crippen molar-refractivity contribution in [2.24, 2.45) is 5.92 Å². The third kappa shape index (κ3) is 2.80. The molecule has 26 heavy (non-hydrogen) atoms. The number of nitrogens with zero attached hydrogens (tertiary/aromatic N) is 5. The van der Waals surface area contributed by atoms with Gasteiger partial charge < -0.3 is 9.64 Å². The van der Waals surface area contributed by atoms with Crippen molar-refractivity contribution in [3.8, 4) is 0 Å². The van der Waals surface area contributed by atoms with Crippen LogP contribution in [-0.4, -0.2) is 39.4 Å². The lowest BCUT2D eigenvalue weighted by molar-refractivity contribution is 0.109. The summed E-state index contributed by atoms with van der Waals surface area (Å²) in [4.78, 5) is 23.5. The molecule has 7 heteroatoms. The lowest BCUT2D eigenvalue weighted by Gasteiger charge is -2.41. The standard InChI is InChI=1S/C19H23N5O2/c25-18-7-14-3-1-2-4-16(14)22-24(18)10-13-8-23(9-13)19-15-11-26-6-5-17(15)20-12-21-19/h7,12-13H,1-6,8-11H2. The van der Waals surface area contributed by atoms with Crippen LogP contribution < -0.4 is 10.5 Å². The van der Waals surface area contributed by atoms with Gasteiger partial charge in [-0.3, -0.25) is 4.79 Å². The van der Waals surface area contributed by atoms with Gasteiger partial charge in [0.05, 0.1) is 31.1 Å². The molecule has 0 radical (unpaired) electrons. The molecule has 0 saturated carbocycles. The van der Waals surface area contributed by atoms with Crippen molar-refractivity contribution in [1.29, 1.82) is 0 Å². The number of rotatable bonds is 3. The van der Waals surface area contributed by atoms with Gasteiger partial charge in [0.25, 0.3) is 5.56 Å². The molecule has 0 N–H and O–H groups in total. The van der Waals surface area contributed by atoms with Crippen LogP contribution in [0.2, 0.25) is 0 Å². The Labute approximate surface area is 152 Å². The van der Waals surface area contributed by atoms with Gasteiger partial charge in [-0.1, -0.05) is 0 Å². The Kier molecular flexibility index (Phi) is 3.96. The van der Waals surface area contributed by atoms with E-state index in [2.05, 4.69) is 20.0 Å². The van der Waals surface area contributed by atoms with Crippen molar-refractivity contribution in [3.05, 3.63) is 45.3 Å². The monoisotopic (exact) mass is 353 g/mol. The van der Waals surface area contributed by atoms with Crippen LogP contribution in [0.5, 0.6) is 0 Å². The van der Waals surface area contributed by atoms with Gasteiger partial charge in [-0.05, 0) is 31.2 Å². The molecule has 0 unspecified atom stereocenters. The topological polar surface area (TPSA) is 73.1 Å². The lowest BCUT2D eigenvalue weighted by Crippen LogP contribution is -2.50. The molecule has 2 aliphatic heterocycles. The summed E-state index contributed by atoms with van der Waals surface area (Å²) < 4.78 is 7.26. The van der Waals surface area contributed by atoms with Crippen LogP contribution in [0.15, 0.2) is 17.2 Å². The summed E-state index contributed by atoms with van der Waals surface area (Å²) in [5, 5.41) is 4.64. The minimum Gasteiger partial charge on any atom is -0.376 e. The van der Waals surface area contributed by atoms with Gasteiger partial charge in [-0.25, -0.2) is 14.6 Å². The highest BCUT2D eigenvalue weighted by Gasteiger charge is 2.31. The Bertz CT molecular complexity index is 888. The first-order chi connectivity index (χ1) is 12.8. The maximum atomic E-state index is 12.4. The number of ether oxygens (including phenoxy) is 1. The highest BCUT2D eigenvalue weighted by Crippen LogP contribution is 2.30. The zero-order valence-electron chi connectivity index (χ0n) is 14.9. The Morgan fingerprint density at radius 1 is 1.12 bits per heavy atom. The number of fused-ring (bicyclic) bond motifs is 2. The molecule has 5 rings (SSSR count). The Morgan fingerprint density at radius 3 is 2.92 bits per heavy atom. The van der Waals surface area contributed by atoms with Crippen molar-refractivity contribution >= 4 is 5.82 Å². The first-order valence-corrected chi connectivity index (χ1v) is 9.53. The van der Waals surface area contributed by atoms with Gasteiger partial charge in [0, 0.05) is 37.1 Å². The first-order valence-electron chi connectivity index (χ1n) is 9.53. The molecule has 1 saturated heterocycles. The highest BCUT2D eigenvalue weighted by molar-refractivity contribution is 5.51. The molecule has 0 amide bonds. The first kappa shape index (κ1) is 15.9. The van der Waals surface area contributed by atoms with E-state index in [4.69, 9.17) is 4.74 Å². The highest BCUT2D eigenvalue weighted by atomic mass is 16.5. The number of hydrogen-bond donors (Lipinski definition) is 0. The summed E-state index contributed by atoms with van der Waals surface area (Å²) in [5.41, 5.74) is 4.55. The summed E-state index contributed by atoms with van der Waals surface area (Å²) in [6.45, 7) is 3.81. The third-order valence-corrected chi connectivity index (χ3v) is 5.70. The van der Waals surface area contributed by atoms with E-state index in [0.717, 1.165) is 67.3 Å². The fourth-order valence-corrected chi connectivity index (χ4v) is 4.25. The molecule has 0 atom stereocenters. The van der Waals surface area contributed by atoms with E-state index in [1.807, 2.05) is 0 Å². The predicted molar refractivity (Wildman–Crippen MR) is 96.2 cm³/mol. The van der Waals surface area contributed by atoms with Gasteiger partial charge in [0.15, 0.2) is 0 Å². The number of anilines is 1. The fourth-order valence-electron chi connectivity index (χ4n) is 4.25. The normalized spacial score (nSPS) is 19.6.